The molecule has 0 saturated heterocycles. The van der Waals surface area contributed by atoms with Gasteiger partial charge in [-0.25, -0.2) is 0 Å². The van der Waals surface area contributed by atoms with E-state index in [9.17, 15) is 9.59 Å². The summed E-state index contributed by atoms with van der Waals surface area (Å²) in [5.74, 6) is -0.300. The lowest BCUT2D eigenvalue weighted by Gasteiger charge is -2.05. The molecule has 0 bridgehead atoms. The van der Waals surface area contributed by atoms with Crippen LogP contribution in [0.5, 0.6) is 0 Å². The van der Waals surface area contributed by atoms with E-state index in [0.29, 0.717) is 6.04 Å². The summed E-state index contributed by atoms with van der Waals surface area (Å²) in [7, 11) is 0. The van der Waals surface area contributed by atoms with Crippen LogP contribution in [-0.2, 0) is 16.0 Å². The highest BCUT2D eigenvalue weighted by Crippen LogP contribution is 2.26. The number of furan rings is 1. The van der Waals surface area contributed by atoms with Crippen molar-refractivity contribution in [2.45, 2.75) is 39.2 Å². The summed E-state index contributed by atoms with van der Waals surface area (Å²) in [6.07, 6.45) is 3.92. The predicted molar refractivity (Wildman–Crippen MR) is 83.6 cm³/mol. The van der Waals surface area contributed by atoms with Gasteiger partial charge in [0.1, 0.15) is 5.58 Å². The molecular formula is C17H20N2O3. The minimum Gasteiger partial charge on any atom is -0.464 e. The molecule has 0 atom stereocenters. The number of hydrogen-bond donors (Lipinski definition) is 2. The molecule has 1 aromatic heterocycles. The highest BCUT2D eigenvalue weighted by Gasteiger charge is 2.23. The van der Waals surface area contributed by atoms with Crippen molar-refractivity contribution in [2.24, 2.45) is 0 Å². The smallest absolute Gasteiger partial charge is 0.239 e. The van der Waals surface area contributed by atoms with E-state index in [2.05, 4.69) is 10.6 Å². The summed E-state index contributed by atoms with van der Waals surface area (Å²) in [4.78, 5) is 23.5. The summed E-state index contributed by atoms with van der Waals surface area (Å²) in [5.41, 5.74) is 3.93. The number of fused-ring (bicyclic) bond motifs is 1. The molecule has 2 amide bonds. The fourth-order valence-electron chi connectivity index (χ4n) is 2.45. The Bertz CT molecular complexity index is 729. The molecule has 116 valence electrons. The second-order valence-electron chi connectivity index (χ2n) is 5.94. The largest absolute Gasteiger partial charge is 0.464 e. The van der Waals surface area contributed by atoms with Crippen LogP contribution in [-0.4, -0.2) is 24.4 Å². The lowest BCUT2D eigenvalue weighted by atomic mass is 10.0. The topological polar surface area (TPSA) is 71.3 Å². The number of amides is 2. The number of hydrogen-bond acceptors (Lipinski definition) is 3. The van der Waals surface area contributed by atoms with Crippen molar-refractivity contribution in [3.8, 4) is 0 Å². The first-order chi connectivity index (χ1) is 10.5. The van der Waals surface area contributed by atoms with Gasteiger partial charge < -0.3 is 15.1 Å². The first kappa shape index (κ1) is 14.6. The third kappa shape index (κ3) is 3.13. The highest BCUT2D eigenvalue weighted by atomic mass is 16.3. The van der Waals surface area contributed by atoms with Crippen molar-refractivity contribution >= 4 is 22.8 Å². The van der Waals surface area contributed by atoms with Gasteiger partial charge in [0.25, 0.3) is 0 Å². The molecule has 5 nitrogen and oxygen atoms in total. The van der Waals surface area contributed by atoms with Crippen LogP contribution in [0.2, 0.25) is 0 Å². The Morgan fingerprint density at radius 1 is 1.23 bits per heavy atom. The molecule has 1 aromatic carbocycles. The van der Waals surface area contributed by atoms with E-state index >= 15 is 0 Å². The molecule has 1 aliphatic carbocycles. The molecule has 5 heteroatoms. The second-order valence-corrected chi connectivity index (χ2v) is 5.94. The molecule has 2 aromatic rings. The van der Waals surface area contributed by atoms with E-state index in [1.807, 2.05) is 26.0 Å². The van der Waals surface area contributed by atoms with Crippen molar-refractivity contribution in [1.82, 2.24) is 10.6 Å². The Morgan fingerprint density at radius 3 is 2.73 bits per heavy atom. The molecule has 0 aliphatic heterocycles. The van der Waals surface area contributed by atoms with Gasteiger partial charge in [0, 0.05) is 17.0 Å². The standard InChI is InChI=1S/C17H20N2O3/c1-10-3-6-14-12(9-22-17(14)11(10)2)7-15(20)18-8-16(21)19-13-4-5-13/h3,6,9,13H,4-5,7-8H2,1-2H3,(H,18,20)(H,19,21). The number of carbonyl (C=O) groups is 2. The van der Waals surface area contributed by atoms with Gasteiger partial charge in [0.05, 0.1) is 19.2 Å². The van der Waals surface area contributed by atoms with Gasteiger partial charge >= 0.3 is 0 Å². The molecular weight excluding hydrogens is 280 g/mol. The summed E-state index contributed by atoms with van der Waals surface area (Å²) >= 11 is 0. The molecule has 0 spiro atoms. The van der Waals surface area contributed by atoms with E-state index in [0.717, 1.165) is 40.5 Å². The Hall–Kier alpha value is -2.30. The molecule has 0 unspecified atom stereocenters. The maximum Gasteiger partial charge on any atom is 0.239 e. The van der Waals surface area contributed by atoms with E-state index in [-0.39, 0.29) is 24.8 Å². The van der Waals surface area contributed by atoms with Crippen molar-refractivity contribution in [2.75, 3.05) is 6.54 Å². The lowest BCUT2D eigenvalue weighted by Crippen LogP contribution is -2.38. The zero-order valence-electron chi connectivity index (χ0n) is 12.9. The molecule has 3 rings (SSSR count). The summed E-state index contributed by atoms with van der Waals surface area (Å²) in [6.45, 7) is 4.07. The number of benzene rings is 1. The van der Waals surface area contributed by atoms with Crippen LogP contribution in [0.15, 0.2) is 22.8 Å². The number of rotatable bonds is 5. The van der Waals surface area contributed by atoms with Gasteiger partial charge in [-0.05, 0) is 37.8 Å². The van der Waals surface area contributed by atoms with Gasteiger partial charge in [0.15, 0.2) is 0 Å². The molecule has 1 heterocycles. The van der Waals surface area contributed by atoms with Crippen molar-refractivity contribution in [3.05, 3.63) is 35.1 Å². The second kappa shape index (κ2) is 5.83. The lowest BCUT2D eigenvalue weighted by molar-refractivity contribution is -0.125. The fourth-order valence-corrected chi connectivity index (χ4v) is 2.45. The van der Waals surface area contributed by atoms with Crippen molar-refractivity contribution in [1.29, 1.82) is 0 Å². The minimum absolute atomic E-state index is 0.0310. The first-order valence-electron chi connectivity index (χ1n) is 7.57. The minimum atomic E-state index is -0.174. The van der Waals surface area contributed by atoms with Gasteiger partial charge in [0.2, 0.25) is 11.8 Å². The van der Waals surface area contributed by atoms with Gasteiger partial charge in [-0.15, -0.1) is 0 Å². The third-order valence-electron chi connectivity index (χ3n) is 4.08. The van der Waals surface area contributed by atoms with E-state index in [1.165, 1.54) is 0 Å². The average Bonchev–Trinajstić information content (AvgIpc) is 3.20. The maximum absolute atomic E-state index is 12.0. The van der Waals surface area contributed by atoms with E-state index in [1.54, 1.807) is 6.26 Å². The van der Waals surface area contributed by atoms with Crippen molar-refractivity contribution in [3.63, 3.8) is 0 Å². The Labute approximate surface area is 129 Å². The van der Waals surface area contributed by atoms with Crippen LogP contribution in [0, 0.1) is 13.8 Å². The quantitative estimate of drug-likeness (QED) is 0.887. The average molecular weight is 300 g/mol. The zero-order chi connectivity index (χ0) is 15.7. The van der Waals surface area contributed by atoms with Crippen LogP contribution in [0.3, 0.4) is 0 Å². The van der Waals surface area contributed by atoms with Crippen LogP contribution in [0.25, 0.3) is 11.0 Å². The van der Waals surface area contributed by atoms with Gasteiger partial charge in [-0.1, -0.05) is 12.1 Å². The Morgan fingerprint density at radius 2 is 2.00 bits per heavy atom. The van der Waals surface area contributed by atoms with E-state index in [4.69, 9.17) is 4.42 Å². The summed E-state index contributed by atoms with van der Waals surface area (Å²) < 4.78 is 5.59. The fraction of sp³-hybridized carbons (Fsp3) is 0.412. The molecule has 0 radical (unpaired) electrons. The first-order valence-corrected chi connectivity index (χ1v) is 7.57. The Balaban J connectivity index is 1.61. The molecule has 1 fully saturated rings. The molecule has 1 aliphatic rings. The highest BCUT2D eigenvalue weighted by molar-refractivity contribution is 5.91. The van der Waals surface area contributed by atoms with Crippen LogP contribution in [0.4, 0.5) is 0 Å². The SMILES string of the molecule is Cc1ccc2c(CC(=O)NCC(=O)NC3CC3)coc2c1C. The molecule has 2 N–H and O–H groups in total. The molecule has 1 saturated carbocycles. The Kier molecular flexibility index (Phi) is 3.88. The summed E-state index contributed by atoms with van der Waals surface area (Å²) in [5, 5.41) is 6.45. The van der Waals surface area contributed by atoms with Crippen molar-refractivity contribution < 1.29 is 14.0 Å². The normalized spacial score (nSPS) is 14.1. The number of carbonyl (C=O) groups excluding carboxylic acids is 2. The number of aryl methyl sites for hydroxylation is 2. The van der Waals surface area contributed by atoms with Crippen LogP contribution < -0.4 is 10.6 Å². The zero-order valence-corrected chi connectivity index (χ0v) is 12.9. The third-order valence-corrected chi connectivity index (χ3v) is 4.08. The predicted octanol–water partition coefficient (Wildman–Crippen LogP) is 1.99. The van der Waals surface area contributed by atoms with Gasteiger partial charge in [-0.3, -0.25) is 9.59 Å². The van der Waals surface area contributed by atoms with Crippen LogP contribution >= 0.6 is 0 Å². The summed E-state index contributed by atoms with van der Waals surface area (Å²) in [6, 6.07) is 4.31. The van der Waals surface area contributed by atoms with E-state index < -0.39 is 0 Å². The molecule has 22 heavy (non-hydrogen) atoms. The number of nitrogens with one attached hydrogen (secondary N) is 2. The van der Waals surface area contributed by atoms with Gasteiger partial charge in [-0.2, -0.15) is 0 Å². The maximum atomic E-state index is 12.0. The van der Waals surface area contributed by atoms with Crippen LogP contribution in [0.1, 0.15) is 29.5 Å². The monoisotopic (exact) mass is 300 g/mol.